The Balaban J connectivity index is 1.58. The Morgan fingerprint density at radius 3 is 2.57 bits per heavy atom. The van der Waals surface area contributed by atoms with E-state index in [0.717, 1.165) is 11.3 Å². The largest absolute Gasteiger partial charge is 0.336 e. The summed E-state index contributed by atoms with van der Waals surface area (Å²) in [6.07, 6.45) is 0.766. The van der Waals surface area contributed by atoms with E-state index in [4.69, 9.17) is 0 Å². The Morgan fingerprint density at radius 1 is 1.03 bits per heavy atom. The zero-order valence-corrected chi connectivity index (χ0v) is 17.6. The maximum absolute atomic E-state index is 13.2. The molecule has 0 aliphatic carbocycles. The SMILES string of the molecule is Cc1nc2ccccc2c(=O)n1CC(=O)N(CCc1ccccc1)Cc1cccs1. The summed E-state index contributed by atoms with van der Waals surface area (Å²) in [7, 11) is 0. The Morgan fingerprint density at radius 2 is 1.80 bits per heavy atom. The van der Waals surface area contributed by atoms with Gasteiger partial charge in [-0.3, -0.25) is 14.2 Å². The highest BCUT2D eigenvalue weighted by molar-refractivity contribution is 7.09. The van der Waals surface area contributed by atoms with Crippen molar-refractivity contribution in [3.8, 4) is 0 Å². The number of amides is 1. The van der Waals surface area contributed by atoms with E-state index in [-0.39, 0.29) is 18.0 Å². The van der Waals surface area contributed by atoms with Crippen molar-refractivity contribution in [1.82, 2.24) is 14.5 Å². The van der Waals surface area contributed by atoms with E-state index in [9.17, 15) is 9.59 Å². The third kappa shape index (κ3) is 4.49. The Kier molecular flexibility index (Phi) is 6.05. The smallest absolute Gasteiger partial charge is 0.261 e. The average molecular weight is 418 g/mol. The van der Waals surface area contributed by atoms with Gasteiger partial charge in [-0.1, -0.05) is 48.5 Å². The topological polar surface area (TPSA) is 55.2 Å². The molecule has 0 aliphatic rings. The molecule has 0 saturated heterocycles. The van der Waals surface area contributed by atoms with Crippen LogP contribution in [0.4, 0.5) is 0 Å². The van der Waals surface area contributed by atoms with Crippen LogP contribution in [0.5, 0.6) is 0 Å². The molecule has 0 aliphatic heterocycles. The van der Waals surface area contributed by atoms with Gasteiger partial charge in [-0.05, 0) is 42.5 Å². The maximum atomic E-state index is 13.2. The van der Waals surface area contributed by atoms with Crippen molar-refractivity contribution in [2.24, 2.45) is 0 Å². The number of nitrogens with zero attached hydrogens (tertiary/aromatic N) is 3. The van der Waals surface area contributed by atoms with Crippen LogP contribution < -0.4 is 5.56 Å². The van der Waals surface area contributed by atoms with Crippen LogP contribution in [0.15, 0.2) is 76.9 Å². The molecule has 4 aromatic rings. The van der Waals surface area contributed by atoms with Crippen LogP contribution in [-0.4, -0.2) is 26.9 Å². The third-order valence-corrected chi connectivity index (χ3v) is 6.00. The number of benzene rings is 2. The van der Waals surface area contributed by atoms with Crippen LogP contribution in [-0.2, 0) is 24.3 Å². The van der Waals surface area contributed by atoms with Crippen molar-refractivity contribution in [1.29, 1.82) is 0 Å². The quantitative estimate of drug-likeness (QED) is 0.456. The second-order valence-electron chi connectivity index (χ2n) is 7.20. The summed E-state index contributed by atoms with van der Waals surface area (Å²) < 4.78 is 1.48. The molecule has 0 fully saturated rings. The fourth-order valence-corrected chi connectivity index (χ4v) is 4.21. The molecule has 0 spiro atoms. The lowest BCUT2D eigenvalue weighted by Gasteiger charge is -2.23. The molecule has 2 aromatic carbocycles. The molecule has 2 aromatic heterocycles. The normalized spacial score (nSPS) is 11.0. The van der Waals surface area contributed by atoms with Crippen LogP contribution in [0, 0.1) is 6.92 Å². The highest BCUT2D eigenvalue weighted by Crippen LogP contribution is 2.14. The van der Waals surface area contributed by atoms with E-state index in [1.54, 1.807) is 24.3 Å². The lowest BCUT2D eigenvalue weighted by Crippen LogP contribution is -2.38. The van der Waals surface area contributed by atoms with Gasteiger partial charge in [0.05, 0.1) is 17.4 Å². The first-order chi connectivity index (χ1) is 14.6. The van der Waals surface area contributed by atoms with Crippen LogP contribution in [0.1, 0.15) is 16.3 Å². The number of carbonyl (C=O) groups excluding carboxylic acids is 1. The Bertz CT molecular complexity index is 1200. The molecule has 5 nitrogen and oxygen atoms in total. The zero-order chi connectivity index (χ0) is 20.9. The van der Waals surface area contributed by atoms with Gasteiger partial charge in [0, 0.05) is 11.4 Å². The van der Waals surface area contributed by atoms with Crippen molar-refractivity contribution in [3.63, 3.8) is 0 Å². The second-order valence-corrected chi connectivity index (χ2v) is 8.23. The molecule has 1 amide bonds. The van der Waals surface area contributed by atoms with Gasteiger partial charge in [-0.25, -0.2) is 4.98 Å². The molecule has 0 N–H and O–H groups in total. The minimum Gasteiger partial charge on any atom is -0.336 e. The molecule has 0 saturated carbocycles. The fraction of sp³-hybridized carbons (Fsp3) is 0.208. The number of fused-ring (bicyclic) bond motifs is 1. The molecule has 0 unspecified atom stereocenters. The summed E-state index contributed by atoms with van der Waals surface area (Å²) in [5, 5.41) is 2.54. The van der Waals surface area contributed by atoms with Crippen molar-refractivity contribution < 1.29 is 4.79 Å². The zero-order valence-electron chi connectivity index (χ0n) is 16.8. The summed E-state index contributed by atoms with van der Waals surface area (Å²) in [4.78, 5) is 33.7. The first-order valence-corrected chi connectivity index (χ1v) is 10.8. The monoisotopic (exact) mass is 417 g/mol. The van der Waals surface area contributed by atoms with E-state index in [0.29, 0.717) is 29.8 Å². The maximum Gasteiger partial charge on any atom is 0.261 e. The number of carbonyl (C=O) groups is 1. The highest BCUT2D eigenvalue weighted by atomic mass is 32.1. The van der Waals surface area contributed by atoms with Gasteiger partial charge in [-0.15, -0.1) is 11.3 Å². The first-order valence-electron chi connectivity index (χ1n) is 9.92. The minimum atomic E-state index is -0.175. The van der Waals surface area contributed by atoms with E-state index in [1.807, 2.05) is 58.8 Å². The number of para-hydroxylation sites is 1. The van der Waals surface area contributed by atoms with Crippen LogP contribution in [0.3, 0.4) is 0 Å². The molecule has 6 heteroatoms. The summed E-state index contributed by atoms with van der Waals surface area (Å²) in [6.45, 7) is 2.89. The van der Waals surface area contributed by atoms with E-state index in [2.05, 4.69) is 17.1 Å². The number of hydrogen-bond acceptors (Lipinski definition) is 4. The molecule has 0 bridgehead atoms. The lowest BCUT2D eigenvalue weighted by atomic mass is 10.1. The third-order valence-electron chi connectivity index (χ3n) is 5.14. The summed E-state index contributed by atoms with van der Waals surface area (Å²) in [5.41, 5.74) is 1.66. The number of aromatic nitrogens is 2. The van der Waals surface area contributed by atoms with Gasteiger partial charge in [0.2, 0.25) is 5.91 Å². The average Bonchev–Trinajstić information content (AvgIpc) is 3.28. The standard InChI is InChI=1S/C24H23N3O2S/c1-18-25-22-12-6-5-11-21(22)24(29)27(18)17-23(28)26(16-20-10-7-15-30-20)14-13-19-8-3-2-4-9-19/h2-12,15H,13-14,16-17H2,1H3. The van der Waals surface area contributed by atoms with E-state index >= 15 is 0 Å². The lowest BCUT2D eigenvalue weighted by molar-refractivity contribution is -0.132. The predicted molar refractivity (Wildman–Crippen MR) is 121 cm³/mol. The molecule has 152 valence electrons. The van der Waals surface area contributed by atoms with E-state index in [1.165, 1.54) is 10.1 Å². The number of thiophene rings is 1. The second kappa shape index (κ2) is 9.05. The molecular weight excluding hydrogens is 394 g/mol. The fourth-order valence-electron chi connectivity index (χ4n) is 3.49. The van der Waals surface area contributed by atoms with Crippen molar-refractivity contribution in [2.75, 3.05) is 6.54 Å². The van der Waals surface area contributed by atoms with Gasteiger partial charge in [0.25, 0.3) is 5.56 Å². The van der Waals surface area contributed by atoms with Crippen LogP contribution in [0.2, 0.25) is 0 Å². The molecular formula is C24H23N3O2S. The van der Waals surface area contributed by atoms with Crippen LogP contribution >= 0.6 is 11.3 Å². The highest BCUT2D eigenvalue weighted by Gasteiger charge is 2.18. The van der Waals surface area contributed by atoms with Gasteiger partial charge < -0.3 is 4.90 Å². The van der Waals surface area contributed by atoms with Gasteiger partial charge in [0.1, 0.15) is 12.4 Å². The summed E-state index contributed by atoms with van der Waals surface area (Å²) >= 11 is 1.63. The molecule has 0 atom stereocenters. The predicted octanol–water partition coefficient (Wildman–Crippen LogP) is 4.04. The molecule has 0 radical (unpaired) electrons. The van der Waals surface area contributed by atoms with Gasteiger partial charge in [-0.2, -0.15) is 0 Å². The molecule has 2 heterocycles. The number of rotatable bonds is 7. The van der Waals surface area contributed by atoms with E-state index < -0.39 is 0 Å². The molecule has 30 heavy (non-hydrogen) atoms. The van der Waals surface area contributed by atoms with Crippen molar-refractivity contribution in [3.05, 3.63) is 98.7 Å². The first kappa shape index (κ1) is 20.0. The Hall–Kier alpha value is -3.25. The molecule has 4 rings (SSSR count). The number of aryl methyl sites for hydroxylation is 1. The van der Waals surface area contributed by atoms with Crippen molar-refractivity contribution >= 4 is 28.1 Å². The summed E-state index contributed by atoms with van der Waals surface area (Å²) in [5.74, 6) is 0.466. The summed E-state index contributed by atoms with van der Waals surface area (Å²) in [6, 6.07) is 21.4. The number of hydrogen-bond donors (Lipinski definition) is 0. The van der Waals surface area contributed by atoms with Crippen LogP contribution in [0.25, 0.3) is 10.9 Å². The minimum absolute atomic E-state index is 0.0112. The van der Waals surface area contributed by atoms with Gasteiger partial charge >= 0.3 is 0 Å². The Labute approximate surface area is 179 Å². The van der Waals surface area contributed by atoms with Gasteiger partial charge in [0.15, 0.2) is 0 Å². The van der Waals surface area contributed by atoms with Crippen molar-refractivity contribution in [2.45, 2.75) is 26.4 Å².